The number of likely N-dealkylation sites (N-methyl/N-ethyl adjacent to an activating group) is 1. The molecule has 0 radical (unpaired) electrons. The number of aliphatic hydroxyl groups is 1. The molecule has 9 nitrogen and oxygen atoms in total. The van der Waals surface area contributed by atoms with Crippen LogP contribution in [0.2, 0.25) is 0 Å². The minimum absolute atomic E-state index is 0.0212. The Balaban J connectivity index is 1.43. The first-order valence-electron chi connectivity index (χ1n) is 13.3. The highest BCUT2D eigenvalue weighted by Gasteiger charge is 2.28. The van der Waals surface area contributed by atoms with Gasteiger partial charge < -0.3 is 29.4 Å². The molecule has 4 aromatic rings. The van der Waals surface area contributed by atoms with Gasteiger partial charge in [0.15, 0.2) is 11.5 Å². The molecule has 2 aromatic heterocycles. The zero-order valence-corrected chi connectivity index (χ0v) is 23.2. The first kappa shape index (κ1) is 27.2. The smallest absolute Gasteiger partial charge is 0.249 e. The van der Waals surface area contributed by atoms with Gasteiger partial charge in [-0.05, 0) is 67.6 Å². The number of amides is 2. The maximum atomic E-state index is 13.8. The summed E-state index contributed by atoms with van der Waals surface area (Å²) < 4.78 is 12.9. The maximum absolute atomic E-state index is 13.8. The summed E-state index contributed by atoms with van der Waals surface area (Å²) in [5, 5.41) is 13.8. The summed E-state index contributed by atoms with van der Waals surface area (Å²) in [5.74, 6) is 0.658. The van der Waals surface area contributed by atoms with E-state index >= 15 is 0 Å². The number of fused-ring (bicyclic) bond motifs is 2. The number of aryl methyl sites for hydroxylation is 2. The molecule has 208 valence electrons. The zero-order valence-electron chi connectivity index (χ0n) is 23.2. The lowest BCUT2D eigenvalue weighted by atomic mass is 10.0. The van der Waals surface area contributed by atoms with E-state index in [2.05, 4.69) is 16.4 Å². The second-order valence-corrected chi connectivity index (χ2v) is 10.2. The third kappa shape index (κ3) is 5.24. The van der Waals surface area contributed by atoms with Gasteiger partial charge in [0.25, 0.3) is 0 Å². The molecule has 0 unspecified atom stereocenters. The summed E-state index contributed by atoms with van der Waals surface area (Å²) in [6, 6.07) is 12.3. The molecule has 9 heteroatoms. The number of rotatable bonds is 9. The van der Waals surface area contributed by atoms with Gasteiger partial charge in [0.1, 0.15) is 12.6 Å². The van der Waals surface area contributed by atoms with Gasteiger partial charge in [0.2, 0.25) is 18.6 Å². The fourth-order valence-corrected chi connectivity index (χ4v) is 5.44. The van der Waals surface area contributed by atoms with Crippen molar-refractivity contribution in [1.29, 1.82) is 0 Å². The van der Waals surface area contributed by atoms with Crippen molar-refractivity contribution in [3.8, 4) is 11.5 Å². The van der Waals surface area contributed by atoms with Crippen molar-refractivity contribution in [2.24, 2.45) is 0 Å². The van der Waals surface area contributed by atoms with Crippen molar-refractivity contribution in [1.82, 2.24) is 14.9 Å². The normalized spacial score (nSPS) is 12.9. The van der Waals surface area contributed by atoms with E-state index in [4.69, 9.17) is 9.47 Å². The Hall–Kier alpha value is -4.37. The van der Waals surface area contributed by atoms with E-state index in [1.54, 1.807) is 37.6 Å². The highest BCUT2D eigenvalue weighted by atomic mass is 16.7. The van der Waals surface area contributed by atoms with Gasteiger partial charge >= 0.3 is 0 Å². The number of nitrogens with one attached hydrogen (secondary N) is 1. The number of pyridine rings is 1. The average Bonchev–Trinajstić information content (AvgIpc) is 3.53. The number of ether oxygens (including phenoxy) is 2. The second-order valence-electron chi connectivity index (χ2n) is 10.2. The van der Waals surface area contributed by atoms with E-state index in [0.29, 0.717) is 23.6 Å². The Morgan fingerprint density at radius 1 is 1.10 bits per heavy atom. The van der Waals surface area contributed by atoms with Gasteiger partial charge in [-0.2, -0.15) is 0 Å². The number of anilines is 1. The van der Waals surface area contributed by atoms with E-state index in [1.807, 2.05) is 43.5 Å². The lowest BCUT2D eigenvalue weighted by Gasteiger charge is -2.25. The summed E-state index contributed by atoms with van der Waals surface area (Å²) >= 11 is 0. The highest BCUT2D eigenvalue weighted by molar-refractivity contribution is 5.99. The molecule has 1 atom stereocenters. The molecule has 5 rings (SSSR count). The van der Waals surface area contributed by atoms with Crippen LogP contribution >= 0.6 is 0 Å². The number of carbonyl (C=O) groups excluding carboxylic acids is 2. The van der Waals surface area contributed by atoms with Crippen molar-refractivity contribution in [2.45, 2.75) is 46.2 Å². The Labute approximate surface area is 233 Å². The van der Waals surface area contributed by atoms with Gasteiger partial charge in [-0.25, -0.2) is 0 Å². The van der Waals surface area contributed by atoms with Gasteiger partial charge in [0.05, 0.1) is 5.52 Å². The second kappa shape index (κ2) is 11.4. The summed E-state index contributed by atoms with van der Waals surface area (Å²) in [5.41, 5.74) is 6.56. The Morgan fingerprint density at radius 3 is 2.62 bits per heavy atom. The molecule has 0 saturated heterocycles. The largest absolute Gasteiger partial charge is 0.454 e. The molecule has 2 aromatic carbocycles. The quantitative estimate of drug-likeness (QED) is 0.335. The summed E-state index contributed by atoms with van der Waals surface area (Å²) in [6.07, 6.45) is 4.16. The summed E-state index contributed by atoms with van der Waals surface area (Å²) in [6.45, 7) is 6.25. The van der Waals surface area contributed by atoms with Crippen LogP contribution < -0.4 is 19.7 Å². The molecule has 3 heterocycles. The lowest BCUT2D eigenvalue weighted by molar-refractivity contribution is -0.127. The molecule has 0 bridgehead atoms. The summed E-state index contributed by atoms with van der Waals surface area (Å²) in [4.78, 5) is 33.1. The molecule has 0 spiro atoms. The minimum atomic E-state index is -0.825. The van der Waals surface area contributed by atoms with E-state index in [-0.39, 0.29) is 38.2 Å². The van der Waals surface area contributed by atoms with E-state index in [0.717, 1.165) is 38.9 Å². The zero-order chi connectivity index (χ0) is 28.4. The van der Waals surface area contributed by atoms with Gasteiger partial charge in [-0.1, -0.05) is 18.2 Å². The van der Waals surface area contributed by atoms with Crippen molar-refractivity contribution < 1.29 is 24.2 Å². The molecule has 0 fully saturated rings. The monoisotopic (exact) mass is 542 g/mol. The maximum Gasteiger partial charge on any atom is 0.249 e. The Morgan fingerprint density at radius 2 is 1.88 bits per heavy atom. The first-order chi connectivity index (χ1) is 19.3. The predicted octanol–water partition coefficient (Wildman–Crippen LogP) is 3.62. The van der Waals surface area contributed by atoms with Gasteiger partial charge in [0, 0.05) is 55.3 Å². The van der Waals surface area contributed by atoms with Crippen molar-refractivity contribution in [3.05, 3.63) is 82.8 Å². The number of carbonyl (C=O) groups is 2. The SMILES string of the molecule is Cc1ccc(C)c2c1c(CCO)c(C)n2CC(=O)N[C@@H](Cc1cccnc1)C(=O)N(C)c1ccc2c(c1)OCO2. The van der Waals surface area contributed by atoms with E-state index in [9.17, 15) is 14.7 Å². The third-order valence-electron chi connectivity index (χ3n) is 7.53. The number of hydrogen-bond acceptors (Lipinski definition) is 6. The van der Waals surface area contributed by atoms with Crippen LogP contribution in [0.3, 0.4) is 0 Å². The van der Waals surface area contributed by atoms with E-state index < -0.39 is 6.04 Å². The number of benzene rings is 2. The highest BCUT2D eigenvalue weighted by Crippen LogP contribution is 2.35. The Bertz CT molecular complexity index is 1560. The van der Waals surface area contributed by atoms with Crippen molar-refractivity contribution in [3.63, 3.8) is 0 Å². The molecule has 40 heavy (non-hydrogen) atoms. The van der Waals surface area contributed by atoms with Gasteiger partial charge in [-0.3, -0.25) is 14.6 Å². The molecule has 2 amide bonds. The van der Waals surface area contributed by atoms with Crippen LogP contribution in [0, 0.1) is 20.8 Å². The van der Waals surface area contributed by atoms with Crippen LogP contribution in [0.5, 0.6) is 11.5 Å². The van der Waals surface area contributed by atoms with Crippen molar-refractivity contribution >= 4 is 28.4 Å². The standard InChI is InChI=1S/C31H34N4O5/c1-19-7-8-20(2)30-29(19)24(11-13-36)21(3)35(30)17-28(37)33-25(14-22-6-5-12-32-16-22)31(38)34(4)23-9-10-26-27(15-23)40-18-39-26/h5-10,12,15-16,25,36H,11,13-14,17-18H2,1-4H3,(H,33,37)/t25-/m0/s1. The lowest BCUT2D eigenvalue weighted by Crippen LogP contribution is -2.49. The first-order valence-corrected chi connectivity index (χ1v) is 13.3. The van der Waals surface area contributed by atoms with Crippen LogP contribution in [0.25, 0.3) is 10.9 Å². The molecular weight excluding hydrogens is 508 g/mol. The fourth-order valence-electron chi connectivity index (χ4n) is 5.44. The summed E-state index contributed by atoms with van der Waals surface area (Å²) in [7, 11) is 1.68. The number of hydrogen-bond donors (Lipinski definition) is 2. The van der Waals surface area contributed by atoms with Crippen LogP contribution in [0.15, 0.2) is 54.9 Å². The molecule has 2 N–H and O–H groups in total. The molecule has 0 aliphatic carbocycles. The minimum Gasteiger partial charge on any atom is -0.454 e. The molecule has 0 saturated carbocycles. The van der Waals surface area contributed by atoms with Crippen LogP contribution in [-0.4, -0.2) is 53.0 Å². The van der Waals surface area contributed by atoms with Crippen LogP contribution in [-0.2, 0) is 29.0 Å². The third-order valence-corrected chi connectivity index (χ3v) is 7.53. The molecular formula is C31H34N4O5. The number of nitrogens with zero attached hydrogens (tertiary/aromatic N) is 3. The fraction of sp³-hybridized carbons (Fsp3) is 0.323. The average molecular weight is 543 g/mol. The van der Waals surface area contributed by atoms with Crippen LogP contribution in [0.1, 0.15) is 27.9 Å². The van der Waals surface area contributed by atoms with Gasteiger partial charge in [-0.15, -0.1) is 0 Å². The topological polar surface area (TPSA) is 106 Å². The molecule has 1 aliphatic rings. The Kier molecular flexibility index (Phi) is 7.75. The number of aliphatic hydroxyl groups excluding tert-OH is 1. The molecule has 1 aliphatic heterocycles. The van der Waals surface area contributed by atoms with Crippen LogP contribution in [0.4, 0.5) is 5.69 Å². The van der Waals surface area contributed by atoms with Crippen molar-refractivity contribution in [2.75, 3.05) is 25.3 Å². The predicted molar refractivity (Wildman–Crippen MR) is 153 cm³/mol. The van der Waals surface area contributed by atoms with E-state index in [1.165, 1.54) is 4.90 Å². The number of aromatic nitrogens is 2.